The topological polar surface area (TPSA) is 107 Å². The molecule has 4 heterocycles. The number of hydrogen-bond acceptors (Lipinski definition) is 6. The predicted octanol–water partition coefficient (Wildman–Crippen LogP) is 3.44. The van der Waals surface area contributed by atoms with Crippen molar-refractivity contribution in [2.75, 3.05) is 5.73 Å². The summed E-state index contributed by atoms with van der Waals surface area (Å²) >= 11 is 0. The van der Waals surface area contributed by atoms with Crippen LogP contribution in [0.25, 0.3) is 33.4 Å². The molecule has 0 saturated carbocycles. The lowest BCUT2D eigenvalue weighted by Gasteiger charge is -2.05. The van der Waals surface area contributed by atoms with E-state index in [0.717, 1.165) is 57.0 Å². The van der Waals surface area contributed by atoms with Crippen LogP contribution in [0.3, 0.4) is 0 Å². The molecule has 0 bridgehead atoms. The van der Waals surface area contributed by atoms with Crippen molar-refractivity contribution in [2.24, 2.45) is 0 Å². The number of rotatable bonds is 3. The first-order valence-electron chi connectivity index (χ1n) is 8.11. The maximum atomic E-state index is 5.86. The van der Waals surface area contributed by atoms with Crippen molar-refractivity contribution in [2.45, 2.75) is 27.2 Å². The first-order chi connectivity index (χ1) is 12.1. The highest BCUT2D eigenvalue weighted by Gasteiger charge is 2.15. The van der Waals surface area contributed by atoms with Gasteiger partial charge in [0.1, 0.15) is 11.4 Å². The highest BCUT2D eigenvalue weighted by atomic mass is 16.5. The van der Waals surface area contributed by atoms with Crippen LogP contribution >= 0.6 is 0 Å². The molecule has 4 aromatic heterocycles. The molecule has 0 aliphatic carbocycles. The van der Waals surface area contributed by atoms with E-state index in [1.165, 1.54) is 0 Å². The molecule has 7 heteroatoms. The SMILES string of the molecule is CCc1cc(-c2c[nH]c3ncc(-c4c(C)noc4C)cc23)nc(N)n1. The third-order valence-electron chi connectivity index (χ3n) is 4.29. The number of nitrogen functional groups attached to an aromatic ring is 1. The molecule has 7 nitrogen and oxygen atoms in total. The van der Waals surface area contributed by atoms with Crippen LogP contribution in [0, 0.1) is 13.8 Å². The monoisotopic (exact) mass is 334 g/mol. The number of anilines is 1. The smallest absolute Gasteiger partial charge is 0.220 e. The minimum Gasteiger partial charge on any atom is -0.368 e. The molecule has 0 radical (unpaired) electrons. The van der Waals surface area contributed by atoms with Crippen molar-refractivity contribution in [3.05, 3.63) is 41.7 Å². The Balaban J connectivity index is 1.92. The molecule has 0 unspecified atom stereocenters. The standard InChI is InChI=1S/C18H18N6O/c1-4-12-6-15(23-18(19)22-12)14-8-21-17-13(14)5-11(7-20-17)16-9(2)24-25-10(16)3/h5-8H,4H2,1-3H3,(H,20,21)(H2,19,22,23). The van der Waals surface area contributed by atoms with Crippen molar-refractivity contribution in [3.63, 3.8) is 0 Å². The molecule has 0 spiro atoms. The molecule has 4 aromatic rings. The fourth-order valence-corrected chi connectivity index (χ4v) is 3.08. The lowest BCUT2D eigenvalue weighted by Crippen LogP contribution is -2.00. The molecule has 0 amide bonds. The highest BCUT2D eigenvalue weighted by molar-refractivity contribution is 5.95. The van der Waals surface area contributed by atoms with Gasteiger partial charge in [-0.3, -0.25) is 0 Å². The van der Waals surface area contributed by atoms with Gasteiger partial charge < -0.3 is 15.2 Å². The summed E-state index contributed by atoms with van der Waals surface area (Å²) in [6.07, 6.45) is 4.52. The molecule has 0 atom stereocenters. The van der Waals surface area contributed by atoms with E-state index in [1.807, 2.05) is 39.2 Å². The number of aromatic amines is 1. The number of pyridine rings is 1. The van der Waals surface area contributed by atoms with E-state index in [9.17, 15) is 0 Å². The Morgan fingerprint density at radius 2 is 2.04 bits per heavy atom. The molecular formula is C18H18N6O. The lowest BCUT2D eigenvalue weighted by molar-refractivity contribution is 0.393. The quantitative estimate of drug-likeness (QED) is 0.594. The molecule has 3 N–H and O–H groups in total. The highest BCUT2D eigenvalue weighted by Crippen LogP contribution is 2.32. The van der Waals surface area contributed by atoms with Crippen LogP contribution in [-0.2, 0) is 6.42 Å². The molecule has 4 rings (SSSR count). The van der Waals surface area contributed by atoms with E-state index in [1.54, 1.807) is 0 Å². The van der Waals surface area contributed by atoms with E-state index >= 15 is 0 Å². The number of aryl methyl sites for hydroxylation is 3. The second-order valence-electron chi connectivity index (χ2n) is 5.98. The van der Waals surface area contributed by atoms with Gasteiger partial charge in [-0.25, -0.2) is 15.0 Å². The number of fused-ring (bicyclic) bond motifs is 1. The minimum absolute atomic E-state index is 0.276. The average molecular weight is 334 g/mol. The number of aromatic nitrogens is 5. The Bertz CT molecular complexity index is 1060. The van der Waals surface area contributed by atoms with Crippen LogP contribution in [0.4, 0.5) is 5.95 Å². The van der Waals surface area contributed by atoms with Crippen molar-refractivity contribution in [1.82, 2.24) is 25.1 Å². The van der Waals surface area contributed by atoms with E-state index in [2.05, 4.69) is 31.2 Å². The number of nitrogens with two attached hydrogens (primary N) is 1. The van der Waals surface area contributed by atoms with Gasteiger partial charge in [-0.05, 0) is 32.4 Å². The molecule has 0 fully saturated rings. The number of nitrogens with zero attached hydrogens (tertiary/aromatic N) is 4. The molecule has 126 valence electrons. The third-order valence-corrected chi connectivity index (χ3v) is 4.29. The molecule has 0 saturated heterocycles. The molecule has 0 aliphatic rings. The van der Waals surface area contributed by atoms with Crippen molar-refractivity contribution in [1.29, 1.82) is 0 Å². The summed E-state index contributed by atoms with van der Waals surface area (Å²) in [5.74, 6) is 1.05. The average Bonchev–Trinajstić information content (AvgIpc) is 3.17. The molecule has 25 heavy (non-hydrogen) atoms. The fraction of sp³-hybridized carbons (Fsp3) is 0.222. The molecular weight excluding hydrogens is 316 g/mol. The zero-order chi connectivity index (χ0) is 17.6. The summed E-state index contributed by atoms with van der Waals surface area (Å²) in [4.78, 5) is 16.4. The van der Waals surface area contributed by atoms with Gasteiger partial charge in [0, 0.05) is 40.2 Å². The Morgan fingerprint density at radius 1 is 1.20 bits per heavy atom. The van der Waals surface area contributed by atoms with Gasteiger partial charge in [-0.2, -0.15) is 0 Å². The second kappa shape index (κ2) is 5.70. The van der Waals surface area contributed by atoms with Crippen LogP contribution in [0.15, 0.2) is 29.0 Å². The van der Waals surface area contributed by atoms with Crippen molar-refractivity contribution >= 4 is 17.0 Å². The Kier molecular flexibility index (Phi) is 3.49. The zero-order valence-corrected chi connectivity index (χ0v) is 14.3. The molecule has 0 aliphatic heterocycles. The van der Waals surface area contributed by atoms with Gasteiger partial charge in [0.25, 0.3) is 0 Å². The third kappa shape index (κ3) is 2.53. The van der Waals surface area contributed by atoms with E-state index in [-0.39, 0.29) is 5.95 Å². The van der Waals surface area contributed by atoms with Gasteiger partial charge >= 0.3 is 0 Å². The fourth-order valence-electron chi connectivity index (χ4n) is 3.08. The van der Waals surface area contributed by atoms with Gasteiger partial charge in [0.15, 0.2) is 0 Å². The number of hydrogen-bond donors (Lipinski definition) is 2. The van der Waals surface area contributed by atoms with Crippen molar-refractivity contribution < 1.29 is 4.52 Å². The van der Waals surface area contributed by atoms with Crippen LogP contribution in [0.2, 0.25) is 0 Å². The number of H-pyrrole nitrogens is 1. The Morgan fingerprint density at radius 3 is 2.76 bits per heavy atom. The van der Waals surface area contributed by atoms with Crippen LogP contribution in [0.1, 0.15) is 24.1 Å². The van der Waals surface area contributed by atoms with Gasteiger partial charge in [-0.1, -0.05) is 12.1 Å². The summed E-state index contributed by atoms with van der Waals surface area (Å²) in [7, 11) is 0. The van der Waals surface area contributed by atoms with E-state index < -0.39 is 0 Å². The summed E-state index contributed by atoms with van der Waals surface area (Å²) in [5, 5.41) is 5.00. The summed E-state index contributed by atoms with van der Waals surface area (Å²) in [6.45, 7) is 5.86. The van der Waals surface area contributed by atoms with Gasteiger partial charge in [0.2, 0.25) is 5.95 Å². The Hall–Kier alpha value is -3.22. The van der Waals surface area contributed by atoms with E-state index in [0.29, 0.717) is 0 Å². The second-order valence-corrected chi connectivity index (χ2v) is 5.98. The summed E-state index contributed by atoms with van der Waals surface area (Å²) in [5.41, 5.74) is 12.1. The first-order valence-corrected chi connectivity index (χ1v) is 8.11. The largest absolute Gasteiger partial charge is 0.368 e. The van der Waals surface area contributed by atoms with Gasteiger partial charge in [-0.15, -0.1) is 0 Å². The predicted molar refractivity (Wildman–Crippen MR) is 95.9 cm³/mol. The minimum atomic E-state index is 0.276. The maximum absolute atomic E-state index is 5.86. The van der Waals surface area contributed by atoms with Crippen LogP contribution in [-0.4, -0.2) is 25.1 Å². The lowest BCUT2D eigenvalue weighted by atomic mass is 10.0. The summed E-state index contributed by atoms with van der Waals surface area (Å²) < 4.78 is 5.28. The maximum Gasteiger partial charge on any atom is 0.220 e. The first kappa shape index (κ1) is 15.3. The zero-order valence-electron chi connectivity index (χ0n) is 14.3. The number of nitrogens with one attached hydrogen (secondary N) is 1. The normalized spacial score (nSPS) is 11.3. The molecule has 0 aromatic carbocycles. The van der Waals surface area contributed by atoms with Crippen molar-refractivity contribution in [3.8, 4) is 22.4 Å². The Labute approximate surface area is 144 Å². The van der Waals surface area contributed by atoms with Gasteiger partial charge in [0.05, 0.1) is 11.4 Å². The van der Waals surface area contributed by atoms with Crippen LogP contribution < -0.4 is 5.73 Å². The van der Waals surface area contributed by atoms with Crippen LogP contribution in [0.5, 0.6) is 0 Å². The summed E-state index contributed by atoms with van der Waals surface area (Å²) in [6, 6.07) is 4.03. The van der Waals surface area contributed by atoms with E-state index in [4.69, 9.17) is 10.3 Å².